The number of carbonyl (C=O) groups excluding carboxylic acids is 1. The number of benzene rings is 1. The number of pyridine rings is 1. The van der Waals surface area contributed by atoms with Gasteiger partial charge >= 0.3 is 0 Å². The van der Waals surface area contributed by atoms with E-state index in [2.05, 4.69) is 25.5 Å². The van der Waals surface area contributed by atoms with Gasteiger partial charge in [0.15, 0.2) is 11.9 Å². The Balaban J connectivity index is 1.63. The molecule has 0 bridgehead atoms. The van der Waals surface area contributed by atoms with E-state index in [0.717, 1.165) is 11.1 Å². The minimum Gasteiger partial charge on any atom is -0.367 e. The highest BCUT2D eigenvalue weighted by Gasteiger charge is 2.19. The molecule has 7 heteroatoms. The molecule has 0 aliphatic rings. The standard InChI is InChI=1S/C17H17N5O2/c1-24-15(12-5-3-2-4-6-12)17(23)19-11-14-20-16(22-21-14)13-7-9-18-10-8-13/h2-10,15H,11H2,1H3,(H,19,23)(H,20,21,22)/t15-/m1/s1. The lowest BCUT2D eigenvalue weighted by atomic mass is 10.1. The van der Waals surface area contributed by atoms with Crippen molar-refractivity contribution in [3.63, 3.8) is 0 Å². The van der Waals surface area contributed by atoms with Gasteiger partial charge in [-0.25, -0.2) is 4.98 Å². The van der Waals surface area contributed by atoms with Crippen LogP contribution in [0.25, 0.3) is 11.4 Å². The van der Waals surface area contributed by atoms with E-state index in [9.17, 15) is 4.79 Å². The second-order valence-electron chi connectivity index (χ2n) is 5.09. The van der Waals surface area contributed by atoms with Crippen LogP contribution in [-0.2, 0) is 16.1 Å². The molecule has 1 amide bonds. The third-order valence-corrected chi connectivity index (χ3v) is 3.48. The number of amides is 1. The summed E-state index contributed by atoms with van der Waals surface area (Å²) in [6, 6.07) is 13.0. The molecule has 0 unspecified atom stereocenters. The van der Waals surface area contributed by atoms with Crippen molar-refractivity contribution in [3.05, 3.63) is 66.2 Å². The van der Waals surface area contributed by atoms with Crippen LogP contribution in [0.3, 0.4) is 0 Å². The van der Waals surface area contributed by atoms with Gasteiger partial charge in [-0.1, -0.05) is 30.3 Å². The van der Waals surface area contributed by atoms with Gasteiger partial charge in [0.05, 0.1) is 6.54 Å². The molecule has 0 fully saturated rings. The molecule has 7 nitrogen and oxygen atoms in total. The van der Waals surface area contributed by atoms with Crippen LogP contribution >= 0.6 is 0 Å². The van der Waals surface area contributed by atoms with Crippen LogP contribution in [0.15, 0.2) is 54.9 Å². The van der Waals surface area contributed by atoms with Gasteiger partial charge in [0.1, 0.15) is 5.82 Å². The number of rotatable bonds is 6. The van der Waals surface area contributed by atoms with Crippen LogP contribution in [0.4, 0.5) is 0 Å². The predicted molar refractivity (Wildman–Crippen MR) is 87.7 cm³/mol. The number of nitrogens with zero attached hydrogens (tertiary/aromatic N) is 3. The topological polar surface area (TPSA) is 92.8 Å². The average Bonchev–Trinajstić information content (AvgIpc) is 3.11. The number of carbonyl (C=O) groups is 1. The summed E-state index contributed by atoms with van der Waals surface area (Å²) < 4.78 is 5.30. The lowest BCUT2D eigenvalue weighted by Gasteiger charge is -2.14. The zero-order valence-corrected chi connectivity index (χ0v) is 13.1. The van der Waals surface area contributed by atoms with E-state index >= 15 is 0 Å². The zero-order chi connectivity index (χ0) is 16.8. The second kappa shape index (κ2) is 7.47. The fourth-order valence-corrected chi connectivity index (χ4v) is 2.29. The summed E-state index contributed by atoms with van der Waals surface area (Å²) in [5.41, 5.74) is 1.66. The number of ether oxygens (including phenoxy) is 1. The molecule has 0 radical (unpaired) electrons. The molecule has 1 atom stereocenters. The van der Waals surface area contributed by atoms with Crippen molar-refractivity contribution < 1.29 is 9.53 Å². The fraction of sp³-hybridized carbons (Fsp3) is 0.176. The number of nitrogens with one attached hydrogen (secondary N) is 2. The van der Waals surface area contributed by atoms with Gasteiger partial charge in [0, 0.05) is 25.1 Å². The molecular weight excluding hydrogens is 306 g/mol. The van der Waals surface area contributed by atoms with Gasteiger partial charge in [-0.2, -0.15) is 5.10 Å². The molecular formula is C17H17N5O2. The molecule has 3 aromatic rings. The minimum atomic E-state index is -0.659. The maximum Gasteiger partial charge on any atom is 0.254 e. The van der Waals surface area contributed by atoms with Crippen LogP contribution in [0.2, 0.25) is 0 Å². The summed E-state index contributed by atoms with van der Waals surface area (Å²) in [6.07, 6.45) is 2.70. The average molecular weight is 323 g/mol. The van der Waals surface area contributed by atoms with E-state index in [1.165, 1.54) is 7.11 Å². The zero-order valence-electron chi connectivity index (χ0n) is 13.1. The highest BCUT2D eigenvalue weighted by atomic mass is 16.5. The first-order valence-corrected chi connectivity index (χ1v) is 7.45. The molecule has 1 aromatic carbocycles. The Kier molecular flexibility index (Phi) is 4.93. The normalized spacial score (nSPS) is 11.9. The Labute approximate surface area is 139 Å². The predicted octanol–water partition coefficient (Wildman–Crippen LogP) is 1.87. The van der Waals surface area contributed by atoms with E-state index in [-0.39, 0.29) is 12.5 Å². The van der Waals surface area contributed by atoms with Gasteiger partial charge in [-0.05, 0) is 17.7 Å². The summed E-state index contributed by atoms with van der Waals surface area (Å²) in [6.45, 7) is 0.240. The second-order valence-corrected chi connectivity index (χ2v) is 5.09. The fourth-order valence-electron chi connectivity index (χ4n) is 2.29. The van der Waals surface area contributed by atoms with E-state index < -0.39 is 6.10 Å². The summed E-state index contributed by atoms with van der Waals surface area (Å²) in [7, 11) is 1.51. The van der Waals surface area contributed by atoms with Crippen molar-refractivity contribution in [3.8, 4) is 11.4 Å². The summed E-state index contributed by atoms with van der Waals surface area (Å²) in [5, 5.41) is 9.76. The lowest BCUT2D eigenvalue weighted by molar-refractivity contribution is -0.131. The van der Waals surface area contributed by atoms with Crippen LogP contribution in [0, 0.1) is 0 Å². The molecule has 24 heavy (non-hydrogen) atoms. The molecule has 0 saturated heterocycles. The SMILES string of the molecule is CO[C@@H](C(=O)NCc1nc(-c2ccncc2)n[nH]1)c1ccccc1. The molecule has 122 valence electrons. The number of aromatic nitrogens is 4. The van der Waals surface area contributed by atoms with Crippen molar-refractivity contribution >= 4 is 5.91 Å². The Morgan fingerprint density at radius 1 is 1.21 bits per heavy atom. The largest absolute Gasteiger partial charge is 0.367 e. The third-order valence-electron chi connectivity index (χ3n) is 3.48. The van der Waals surface area contributed by atoms with Crippen molar-refractivity contribution in [2.75, 3.05) is 7.11 Å². The van der Waals surface area contributed by atoms with E-state index in [1.807, 2.05) is 42.5 Å². The first-order chi connectivity index (χ1) is 11.8. The van der Waals surface area contributed by atoms with Crippen molar-refractivity contribution in [2.45, 2.75) is 12.6 Å². The maximum absolute atomic E-state index is 12.3. The van der Waals surface area contributed by atoms with Crippen LogP contribution < -0.4 is 5.32 Å². The smallest absolute Gasteiger partial charge is 0.254 e. The Morgan fingerprint density at radius 3 is 2.67 bits per heavy atom. The van der Waals surface area contributed by atoms with Crippen LogP contribution in [0.1, 0.15) is 17.5 Å². The third kappa shape index (κ3) is 3.64. The van der Waals surface area contributed by atoms with Crippen molar-refractivity contribution in [1.29, 1.82) is 0 Å². The molecule has 0 saturated carbocycles. The molecule has 0 aliphatic carbocycles. The number of hydrogen-bond donors (Lipinski definition) is 2. The summed E-state index contributed by atoms with van der Waals surface area (Å²) in [4.78, 5) is 20.6. The highest BCUT2D eigenvalue weighted by Crippen LogP contribution is 2.16. The number of hydrogen-bond acceptors (Lipinski definition) is 5. The van der Waals surface area contributed by atoms with Crippen LogP contribution in [0.5, 0.6) is 0 Å². The highest BCUT2D eigenvalue weighted by molar-refractivity contribution is 5.82. The van der Waals surface area contributed by atoms with Gasteiger partial charge in [-0.15, -0.1) is 0 Å². The molecule has 2 heterocycles. The number of methoxy groups -OCH3 is 1. The van der Waals surface area contributed by atoms with E-state index in [1.54, 1.807) is 12.4 Å². The first-order valence-electron chi connectivity index (χ1n) is 7.45. The Morgan fingerprint density at radius 2 is 1.96 bits per heavy atom. The van der Waals surface area contributed by atoms with E-state index in [0.29, 0.717) is 11.6 Å². The Hall–Kier alpha value is -3.06. The van der Waals surface area contributed by atoms with E-state index in [4.69, 9.17) is 4.74 Å². The van der Waals surface area contributed by atoms with Crippen molar-refractivity contribution in [2.24, 2.45) is 0 Å². The molecule has 3 rings (SSSR count). The number of aromatic amines is 1. The lowest BCUT2D eigenvalue weighted by Crippen LogP contribution is -2.30. The van der Waals surface area contributed by atoms with Gasteiger partial charge in [-0.3, -0.25) is 14.9 Å². The Bertz CT molecular complexity index is 789. The quantitative estimate of drug-likeness (QED) is 0.722. The summed E-state index contributed by atoms with van der Waals surface area (Å²) in [5.74, 6) is 0.900. The van der Waals surface area contributed by atoms with Crippen LogP contribution in [-0.4, -0.2) is 33.2 Å². The maximum atomic E-state index is 12.3. The van der Waals surface area contributed by atoms with Gasteiger partial charge in [0.2, 0.25) is 0 Å². The molecule has 0 aliphatic heterocycles. The van der Waals surface area contributed by atoms with Gasteiger partial charge in [0.25, 0.3) is 5.91 Å². The minimum absolute atomic E-state index is 0.231. The van der Waals surface area contributed by atoms with Gasteiger partial charge < -0.3 is 10.1 Å². The monoisotopic (exact) mass is 323 g/mol. The molecule has 2 aromatic heterocycles. The summed E-state index contributed by atoms with van der Waals surface area (Å²) >= 11 is 0. The number of H-pyrrole nitrogens is 1. The van der Waals surface area contributed by atoms with Crippen molar-refractivity contribution in [1.82, 2.24) is 25.5 Å². The molecule has 0 spiro atoms. The molecule has 2 N–H and O–H groups in total. The first kappa shape index (κ1) is 15.8.